The highest BCUT2D eigenvalue weighted by atomic mass is 16.5. The SMILES string of the molecule is O=C1OCc2ccc(COc3ccc4nc(C(=O)N5CCC(n6cccn6)CC5)cc(C(=O)N5CCCCC5)c4c3)cc21. The van der Waals surface area contributed by atoms with E-state index in [-0.39, 0.29) is 36.1 Å². The number of fused-ring (bicyclic) bond motifs is 2. The molecule has 2 aromatic carbocycles. The van der Waals surface area contributed by atoms with Crippen molar-refractivity contribution in [2.24, 2.45) is 0 Å². The number of aromatic nitrogens is 3. The quantitative estimate of drug-likeness (QED) is 0.303. The summed E-state index contributed by atoms with van der Waals surface area (Å²) in [6.45, 7) is 3.15. The molecule has 0 N–H and O–H groups in total. The first kappa shape index (κ1) is 27.1. The molecular formula is C33H33N5O5. The molecule has 0 atom stereocenters. The van der Waals surface area contributed by atoms with E-state index in [0.29, 0.717) is 60.6 Å². The fourth-order valence-electron chi connectivity index (χ4n) is 6.26. The van der Waals surface area contributed by atoms with E-state index in [1.165, 1.54) is 0 Å². The number of rotatable bonds is 6. The van der Waals surface area contributed by atoms with Crippen molar-refractivity contribution in [3.8, 4) is 5.75 Å². The molecular weight excluding hydrogens is 546 g/mol. The van der Waals surface area contributed by atoms with Crippen LogP contribution in [0.2, 0.25) is 0 Å². The number of nitrogens with zero attached hydrogens (tertiary/aromatic N) is 5. The van der Waals surface area contributed by atoms with Crippen molar-refractivity contribution in [2.75, 3.05) is 26.2 Å². The molecule has 0 spiro atoms. The van der Waals surface area contributed by atoms with Crippen LogP contribution in [0.25, 0.3) is 10.9 Å². The molecule has 2 aromatic heterocycles. The topological polar surface area (TPSA) is 107 Å². The van der Waals surface area contributed by atoms with Gasteiger partial charge in [-0.25, -0.2) is 9.78 Å². The molecule has 0 unspecified atom stereocenters. The molecule has 0 bridgehead atoms. The Morgan fingerprint density at radius 2 is 1.74 bits per heavy atom. The fraction of sp³-hybridized carbons (Fsp3) is 0.364. The number of pyridine rings is 1. The Morgan fingerprint density at radius 3 is 2.53 bits per heavy atom. The van der Waals surface area contributed by atoms with Gasteiger partial charge in [-0.1, -0.05) is 12.1 Å². The van der Waals surface area contributed by atoms with E-state index in [4.69, 9.17) is 14.5 Å². The van der Waals surface area contributed by atoms with Gasteiger partial charge in [-0.05, 0) is 74.1 Å². The molecule has 2 saturated heterocycles. The van der Waals surface area contributed by atoms with Crippen LogP contribution in [0.3, 0.4) is 0 Å². The van der Waals surface area contributed by atoms with Crippen molar-refractivity contribution >= 4 is 28.7 Å². The maximum absolute atomic E-state index is 13.8. The molecule has 7 rings (SSSR count). The highest BCUT2D eigenvalue weighted by Crippen LogP contribution is 2.29. The van der Waals surface area contributed by atoms with Crippen LogP contribution in [-0.2, 0) is 18.0 Å². The van der Waals surface area contributed by atoms with Gasteiger partial charge in [0.15, 0.2) is 0 Å². The van der Waals surface area contributed by atoms with Gasteiger partial charge in [0.25, 0.3) is 11.8 Å². The van der Waals surface area contributed by atoms with E-state index in [1.54, 1.807) is 30.5 Å². The first-order valence-corrected chi connectivity index (χ1v) is 15.0. The second-order valence-electron chi connectivity index (χ2n) is 11.5. The first-order valence-electron chi connectivity index (χ1n) is 15.0. The van der Waals surface area contributed by atoms with Gasteiger partial charge in [-0.3, -0.25) is 14.3 Å². The van der Waals surface area contributed by atoms with Crippen LogP contribution >= 0.6 is 0 Å². The number of likely N-dealkylation sites (tertiary alicyclic amines) is 2. The zero-order valence-electron chi connectivity index (χ0n) is 23.9. The highest BCUT2D eigenvalue weighted by molar-refractivity contribution is 6.09. The first-order chi connectivity index (χ1) is 21.0. The van der Waals surface area contributed by atoms with Crippen LogP contribution in [0.1, 0.15) is 80.5 Å². The third kappa shape index (κ3) is 5.45. The van der Waals surface area contributed by atoms with Crippen molar-refractivity contribution in [2.45, 2.75) is 51.4 Å². The molecule has 10 nitrogen and oxygen atoms in total. The predicted octanol–water partition coefficient (Wildman–Crippen LogP) is 4.78. The summed E-state index contributed by atoms with van der Waals surface area (Å²) >= 11 is 0. The number of carbonyl (C=O) groups is 3. The second kappa shape index (κ2) is 11.5. The molecule has 43 heavy (non-hydrogen) atoms. The van der Waals surface area contributed by atoms with Crippen molar-refractivity contribution < 1.29 is 23.9 Å². The second-order valence-corrected chi connectivity index (χ2v) is 11.5. The van der Waals surface area contributed by atoms with Gasteiger partial charge in [0, 0.05) is 49.5 Å². The Hall–Kier alpha value is -4.73. The summed E-state index contributed by atoms with van der Waals surface area (Å²) in [5, 5.41) is 5.01. The maximum atomic E-state index is 13.8. The molecule has 2 amide bonds. The standard InChI is InChI=1S/C33H33N5O5/c39-31(36-12-2-1-3-13-36)28-19-30(32(40)37-15-9-24(10-16-37)38-14-4-11-34-38)35-29-8-7-25(18-27(28)29)42-20-22-5-6-23-21-43-33(41)26(23)17-22/h4-8,11,14,17-19,24H,1-3,9-10,12-13,15-16,20-21H2. The number of benzene rings is 2. The molecule has 5 heterocycles. The summed E-state index contributed by atoms with van der Waals surface area (Å²) in [5.74, 6) is 0.00348. The zero-order valence-corrected chi connectivity index (χ0v) is 23.9. The van der Waals surface area contributed by atoms with E-state index >= 15 is 0 Å². The van der Waals surface area contributed by atoms with E-state index < -0.39 is 0 Å². The van der Waals surface area contributed by atoms with Crippen LogP contribution in [0, 0.1) is 0 Å². The van der Waals surface area contributed by atoms with Gasteiger partial charge in [-0.2, -0.15) is 5.10 Å². The third-order valence-corrected chi connectivity index (χ3v) is 8.68. The Balaban J connectivity index is 1.15. The zero-order chi connectivity index (χ0) is 29.3. The normalized spacial score (nSPS) is 17.2. The summed E-state index contributed by atoms with van der Waals surface area (Å²) in [7, 11) is 0. The molecule has 10 heteroatoms. The number of hydrogen-bond donors (Lipinski definition) is 0. The van der Waals surface area contributed by atoms with Crippen LogP contribution < -0.4 is 4.74 Å². The van der Waals surface area contributed by atoms with Gasteiger partial charge in [0.2, 0.25) is 0 Å². The number of hydrogen-bond acceptors (Lipinski definition) is 7. The van der Waals surface area contributed by atoms with Crippen LogP contribution in [0.5, 0.6) is 5.75 Å². The summed E-state index contributed by atoms with van der Waals surface area (Å²) in [6.07, 6.45) is 8.41. The number of esters is 1. The Kier molecular flexibility index (Phi) is 7.26. The van der Waals surface area contributed by atoms with Crippen molar-refractivity contribution in [3.63, 3.8) is 0 Å². The number of piperidine rings is 2. The minimum atomic E-state index is -0.317. The average Bonchev–Trinajstić information content (AvgIpc) is 3.73. The van der Waals surface area contributed by atoms with Crippen molar-refractivity contribution in [1.29, 1.82) is 0 Å². The molecule has 0 saturated carbocycles. The third-order valence-electron chi connectivity index (χ3n) is 8.68. The highest BCUT2D eigenvalue weighted by Gasteiger charge is 2.28. The van der Waals surface area contributed by atoms with Crippen molar-refractivity contribution in [1.82, 2.24) is 24.6 Å². The summed E-state index contributed by atoms with van der Waals surface area (Å²) < 4.78 is 13.2. The lowest BCUT2D eigenvalue weighted by atomic mass is 10.0. The lowest BCUT2D eigenvalue weighted by molar-refractivity contribution is 0.0534. The minimum Gasteiger partial charge on any atom is -0.489 e. The van der Waals surface area contributed by atoms with E-state index in [0.717, 1.165) is 43.2 Å². The van der Waals surface area contributed by atoms with Gasteiger partial charge in [0.05, 0.1) is 22.7 Å². The molecule has 3 aliphatic heterocycles. The lowest BCUT2D eigenvalue weighted by Gasteiger charge is -2.32. The number of carbonyl (C=O) groups excluding carboxylic acids is 3. The van der Waals surface area contributed by atoms with E-state index in [2.05, 4.69) is 5.10 Å². The monoisotopic (exact) mass is 579 g/mol. The summed E-state index contributed by atoms with van der Waals surface area (Å²) in [5.41, 5.74) is 3.61. The van der Waals surface area contributed by atoms with Gasteiger partial charge < -0.3 is 19.3 Å². The Bertz CT molecular complexity index is 1690. The molecule has 3 aliphatic rings. The number of cyclic esters (lactones) is 1. The van der Waals surface area contributed by atoms with E-state index in [1.807, 2.05) is 44.9 Å². The largest absolute Gasteiger partial charge is 0.489 e. The minimum absolute atomic E-state index is 0.0900. The smallest absolute Gasteiger partial charge is 0.338 e. The Labute approximate surface area is 249 Å². The van der Waals surface area contributed by atoms with Gasteiger partial charge in [-0.15, -0.1) is 0 Å². The van der Waals surface area contributed by atoms with Crippen molar-refractivity contribution in [3.05, 3.63) is 88.9 Å². The number of amides is 2. The predicted molar refractivity (Wildman–Crippen MR) is 158 cm³/mol. The van der Waals surface area contributed by atoms with E-state index in [9.17, 15) is 14.4 Å². The molecule has 0 radical (unpaired) electrons. The fourth-order valence-corrected chi connectivity index (χ4v) is 6.26. The summed E-state index contributed by atoms with van der Waals surface area (Å²) in [6, 6.07) is 14.9. The Morgan fingerprint density at radius 1 is 0.930 bits per heavy atom. The lowest BCUT2D eigenvalue weighted by Crippen LogP contribution is -2.40. The average molecular weight is 580 g/mol. The van der Waals surface area contributed by atoms with Crippen LogP contribution in [0.15, 0.2) is 60.9 Å². The summed E-state index contributed by atoms with van der Waals surface area (Å²) in [4.78, 5) is 47.9. The van der Waals surface area contributed by atoms with Gasteiger partial charge >= 0.3 is 5.97 Å². The molecule has 0 aliphatic carbocycles. The van der Waals surface area contributed by atoms with Crippen LogP contribution in [-0.4, -0.2) is 68.5 Å². The van der Waals surface area contributed by atoms with Gasteiger partial charge in [0.1, 0.15) is 24.7 Å². The number of ether oxygens (including phenoxy) is 2. The maximum Gasteiger partial charge on any atom is 0.338 e. The van der Waals surface area contributed by atoms with Crippen LogP contribution in [0.4, 0.5) is 0 Å². The molecule has 220 valence electrons. The molecule has 2 fully saturated rings. The molecule has 4 aromatic rings.